The van der Waals surface area contributed by atoms with Crippen LogP contribution in [0.2, 0.25) is 0 Å². The number of nitrogens with zero attached hydrogens (tertiary/aromatic N) is 2. The minimum absolute atomic E-state index is 0.0936. The van der Waals surface area contributed by atoms with Crippen LogP contribution in [-0.4, -0.2) is 34.9 Å². The lowest BCUT2D eigenvalue weighted by molar-refractivity contribution is 0.0757. The third-order valence-electron chi connectivity index (χ3n) is 3.14. The molecule has 0 bridgehead atoms. The maximum atomic E-state index is 12.0. The normalized spacial score (nSPS) is 10.9. The highest BCUT2D eigenvalue weighted by molar-refractivity contribution is 5.93. The number of nitrogens with one attached hydrogen (secondary N) is 1. The molecule has 0 aliphatic heterocycles. The number of hydrogen-bond acceptors (Lipinski definition) is 3. The lowest BCUT2D eigenvalue weighted by atomic mass is 10.2. The Morgan fingerprint density at radius 2 is 2.09 bits per heavy atom. The monoisotopic (exact) mass is 301 g/mol. The maximum absolute atomic E-state index is 12.0. The number of rotatable bonds is 8. The topological polar surface area (TPSA) is 56.1 Å². The van der Waals surface area contributed by atoms with Crippen molar-refractivity contribution in [2.45, 2.75) is 32.9 Å². The second kappa shape index (κ2) is 8.34. The van der Waals surface area contributed by atoms with Crippen molar-refractivity contribution in [3.05, 3.63) is 53.9 Å². The highest BCUT2D eigenvalue weighted by Crippen LogP contribution is 2.04. The molecule has 2 rings (SSSR count). The molecule has 5 nitrogen and oxygen atoms in total. The second-order valence-corrected chi connectivity index (χ2v) is 5.44. The number of benzene rings is 1. The second-order valence-electron chi connectivity index (χ2n) is 5.44. The fourth-order valence-corrected chi connectivity index (χ4v) is 2.03. The number of carbonyl (C=O) groups is 1. The minimum Gasteiger partial charge on any atom is -0.379 e. The lowest BCUT2D eigenvalue weighted by Gasteiger charge is -2.07. The molecule has 2 aromatic rings. The Bertz CT molecular complexity index is 579. The van der Waals surface area contributed by atoms with Crippen molar-refractivity contribution in [3.8, 4) is 0 Å². The molecule has 0 aliphatic rings. The fraction of sp³-hybridized carbons (Fsp3) is 0.412. The van der Waals surface area contributed by atoms with Gasteiger partial charge in [0.25, 0.3) is 5.91 Å². The first-order valence-corrected chi connectivity index (χ1v) is 7.61. The van der Waals surface area contributed by atoms with Gasteiger partial charge in [-0.2, -0.15) is 5.10 Å². The molecule has 0 radical (unpaired) electrons. The predicted octanol–water partition coefficient (Wildman–Crippen LogP) is 2.48. The first-order chi connectivity index (χ1) is 10.6. The fourth-order valence-electron chi connectivity index (χ4n) is 2.03. The third-order valence-corrected chi connectivity index (χ3v) is 3.14. The van der Waals surface area contributed by atoms with Gasteiger partial charge in [0.15, 0.2) is 0 Å². The summed E-state index contributed by atoms with van der Waals surface area (Å²) >= 11 is 0. The van der Waals surface area contributed by atoms with Crippen molar-refractivity contribution in [2.75, 3.05) is 13.2 Å². The van der Waals surface area contributed by atoms with E-state index in [0.717, 1.165) is 12.0 Å². The smallest absolute Gasteiger partial charge is 0.254 e. The highest BCUT2D eigenvalue weighted by atomic mass is 16.5. The van der Waals surface area contributed by atoms with Crippen LogP contribution in [0.1, 0.15) is 36.2 Å². The molecule has 0 spiro atoms. The summed E-state index contributed by atoms with van der Waals surface area (Å²) in [4.78, 5) is 12.0. The van der Waals surface area contributed by atoms with Gasteiger partial charge in [0.2, 0.25) is 0 Å². The van der Waals surface area contributed by atoms with Gasteiger partial charge in [0, 0.05) is 19.3 Å². The SMILES string of the molecule is CC(C)OCCCNC(=O)c1cnn(Cc2ccccc2)c1. The van der Waals surface area contributed by atoms with Crippen LogP contribution in [0.4, 0.5) is 0 Å². The first-order valence-electron chi connectivity index (χ1n) is 7.61. The average molecular weight is 301 g/mol. The molecule has 1 aromatic carbocycles. The summed E-state index contributed by atoms with van der Waals surface area (Å²) in [5, 5.41) is 7.11. The average Bonchev–Trinajstić information content (AvgIpc) is 2.96. The molecule has 118 valence electrons. The summed E-state index contributed by atoms with van der Waals surface area (Å²) in [6.07, 6.45) is 4.41. The zero-order valence-corrected chi connectivity index (χ0v) is 13.2. The zero-order valence-electron chi connectivity index (χ0n) is 13.2. The molecule has 1 aromatic heterocycles. The molecule has 0 unspecified atom stereocenters. The Hall–Kier alpha value is -2.14. The number of ether oxygens (including phenoxy) is 1. The lowest BCUT2D eigenvalue weighted by Crippen LogP contribution is -2.25. The van der Waals surface area contributed by atoms with Gasteiger partial charge in [-0.25, -0.2) is 0 Å². The van der Waals surface area contributed by atoms with Gasteiger partial charge in [0.05, 0.1) is 24.4 Å². The standard InChI is InChI=1S/C17H23N3O2/c1-14(2)22-10-6-9-18-17(21)16-11-19-20(13-16)12-15-7-4-3-5-8-15/h3-5,7-8,11,13-14H,6,9-10,12H2,1-2H3,(H,18,21). The van der Waals surface area contributed by atoms with Crippen LogP contribution in [0.15, 0.2) is 42.7 Å². The summed E-state index contributed by atoms with van der Waals surface area (Å²) in [6, 6.07) is 10.0. The van der Waals surface area contributed by atoms with E-state index in [1.54, 1.807) is 17.1 Å². The minimum atomic E-state index is -0.0936. The van der Waals surface area contributed by atoms with Crippen molar-refractivity contribution >= 4 is 5.91 Å². The maximum Gasteiger partial charge on any atom is 0.254 e. The molecule has 1 heterocycles. The van der Waals surface area contributed by atoms with Gasteiger partial charge in [-0.1, -0.05) is 30.3 Å². The van der Waals surface area contributed by atoms with Crippen LogP contribution in [0.3, 0.4) is 0 Å². The van der Waals surface area contributed by atoms with Crippen LogP contribution >= 0.6 is 0 Å². The van der Waals surface area contributed by atoms with Crippen molar-refractivity contribution in [2.24, 2.45) is 0 Å². The highest BCUT2D eigenvalue weighted by Gasteiger charge is 2.08. The number of aromatic nitrogens is 2. The van der Waals surface area contributed by atoms with Crippen molar-refractivity contribution < 1.29 is 9.53 Å². The molecular weight excluding hydrogens is 278 g/mol. The van der Waals surface area contributed by atoms with Gasteiger partial charge in [-0.05, 0) is 25.8 Å². The first kappa shape index (κ1) is 16.2. The molecular formula is C17H23N3O2. The van der Waals surface area contributed by atoms with Crippen LogP contribution in [0.5, 0.6) is 0 Å². The summed E-state index contributed by atoms with van der Waals surface area (Å²) in [5.74, 6) is -0.0936. The van der Waals surface area contributed by atoms with Gasteiger partial charge in [-0.15, -0.1) is 0 Å². The molecule has 0 atom stereocenters. The van der Waals surface area contributed by atoms with E-state index < -0.39 is 0 Å². The van der Waals surface area contributed by atoms with Crippen LogP contribution in [0.25, 0.3) is 0 Å². The van der Waals surface area contributed by atoms with Crippen molar-refractivity contribution in [1.82, 2.24) is 15.1 Å². The van der Waals surface area contributed by atoms with Gasteiger partial charge >= 0.3 is 0 Å². The Balaban J connectivity index is 1.77. The van der Waals surface area contributed by atoms with Crippen LogP contribution in [-0.2, 0) is 11.3 Å². The molecule has 0 fully saturated rings. The van der Waals surface area contributed by atoms with E-state index in [1.807, 2.05) is 44.2 Å². The molecule has 1 amide bonds. The van der Waals surface area contributed by atoms with Crippen LogP contribution < -0.4 is 5.32 Å². The van der Waals surface area contributed by atoms with Crippen LogP contribution in [0, 0.1) is 0 Å². The summed E-state index contributed by atoms with van der Waals surface area (Å²) in [6.45, 7) is 5.93. The van der Waals surface area contributed by atoms with Gasteiger partial charge < -0.3 is 10.1 Å². The van der Waals surface area contributed by atoms with Crippen molar-refractivity contribution in [1.29, 1.82) is 0 Å². The number of amides is 1. The number of carbonyl (C=O) groups excluding carboxylic acids is 1. The van der Waals surface area contributed by atoms with E-state index >= 15 is 0 Å². The Morgan fingerprint density at radius 3 is 2.82 bits per heavy atom. The quantitative estimate of drug-likeness (QED) is 0.762. The Labute approximate surface area is 131 Å². The van der Waals surface area contributed by atoms with E-state index in [9.17, 15) is 4.79 Å². The van der Waals surface area contributed by atoms with E-state index in [-0.39, 0.29) is 12.0 Å². The Kier molecular flexibility index (Phi) is 6.15. The largest absolute Gasteiger partial charge is 0.379 e. The van der Waals surface area contributed by atoms with Gasteiger partial charge in [-0.3, -0.25) is 9.48 Å². The Morgan fingerprint density at radius 1 is 1.32 bits per heavy atom. The molecule has 0 saturated carbocycles. The molecule has 5 heteroatoms. The predicted molar refractivity (Wildman–Crippen MR) is 85.8 cm³/mol. The summed E-state index contributed by atoms with van der Waals surface area (Å²) in [7, 11) is 0. The summed E-state index contributed by atoms with van der Waals surface area (Å²) in [5.41, 5.74) is 1.74. The molecule has 0 saturated heterocycles. The van der Waals surface area contributed by atoms with E-state index in [2.05, 4.69) is 10.4 Å². The molecule has 0 aliphatic carbocycles. The molecule has 22 heavy (non-hydrogen) atoms. The zero-order chi connectivity index (χ0) is 15.8. The summed E-state index contributed by atoms with van der Waals surface area (Å²) < 4.78 is 7.20. The van der Waals surface area contributed by atoms with E-state index in [0.29, 0.717) is 25.3 Å². The van der Waals surface area contributed by atoms with Gasteiger partial charge in [0.1, 0.15) is 0 Å². The van der Waals surface area contributed by atoms with Crippen molar-refractivity contribution in [3.63, 3.8) is 0 Å². The third kappa shape index (κ3) is 5.33. The van der Waals surface area contributed by atoms with E-state index in [1.165, 1.54) is 0 Å². The molecule has 1 N–H and O–H groups in total. The van der Waals surface area contributed by atoms with E-state index in [4.69, 9.17) is 4.74 Å². The number of hydrogen-bond donors (Lipinski definition) is 1.